The number of hydrogen-bond acceptors (Lipinski definition) is 4. The maximum absolute atomic E-state index is 12.4. The van der Waals surface area contributed by atoms with Gasteiger partial charge in [-0.2, -0.15) is 0 Å². The molecule has 1 unspecified atom stereocenters. The molecule has 142 valence electrons. The molecule has 0 aliphatic heterocycles. The van der Waals surface area contributed by atoms with Gasteiger partial charge in [0.25, 0.3) is 5.91 Å². The first-order valence-electron chi connectivity index (χ1n) is 9.32. The summed E-state index contributed by atoms with van der Waals surface area (Å²) in [6.45, 7) is 3.40. The Balaban J connectivity index is 1.81. The highest BCUT2D eigenvalue weighted by atomic mass is 16.5. The molecule has 1 amide bonds. The van der Waals surface area contributed by atoms with Crippen molar-refractivity contribution in [3.05, 3.63) is 54.0 Å². The minimum Gasteiger partial charge on any atom is -0.494 e. The molecular formula is C21H30N2O3. The number of benzene rings is 1. The molecule has 0 saturated carbocycles. The maximum Gasteiger partial charge on any atom is 0.251 e. The first-order chi connectivity index (χ1) is 12.6. The number of carbonyl (C=O) groups is 1. The molecule has 2 aromatic rings. The van der Waals surface area contributed by atoms with Crippen LogP contribution in [-0.2, 0) is 0 Å². The summed E-state index contributed by atoms with van der Waals surface area (Å²) in [7, 11) is 3.93. The van der Waals surface area contributed by atoms with Crippen LogP contribution in [0.15, 0.2) is 47.1 Å². The van der Waals surface area contributed by atoms with Crippen LogP contribution in [0.25, 0.3) is 0 Å². The number of unbranched alkanes of at least 4 members (excludes halogenated alkanes) is 3. The second-order valence-corrected chi connectivity index (χ2v) is 6.64. The second-order valence-electron chi connectivity index (χ2n) is 6.64. The van der Waals surface area contributed by atoms with Crippen LogP contribution in [0.4, 0.5) is 0 Å². The van der Waals surface area contributed by atoms with E-state index in [1.165, 1.54) is 19.3 Å². The van der Waals surface area contributed by atoms with Crippen LogP contribution in [0, 0.1) is 0 Å². The highest BCUT2D eigenvalue weighted by Gasteiger charge is 2.18. The Hall–Kier alpha value is -2.27. The summed E-state index contributed by atoms with van der Waals surface area (Å²) in [4.78, 5) is 14.4. The molecule has 1 N–H and O–H groups in total. The van der Waals surface area contributed by atoms with Gasteiger partial charge in [-0.3, -0.25) is 9.69 Å². The molecule has 2 rings (SSSR count). The largest absolute Gasteiger partial charge is 0.494 e. The minimum atomic E-state index is -0.0992. The second kappa shape index (κ2) is 10.7. The number of rotatable bonds is 11. The Bertz CT molecular complexity index is 636. The van der Waals surface area contributed by atoms with Crippen molar-refractivity contribution >= 4 is 5.91 Å². The van der Waals surface area contributed by atoms with Gasteiger partial charge in [0.15, 0.2) is 0 Å². The number of amides is 1. The van der Waals surface area contributed by atoms with Gasteiger partial charge in [0, 0.05) is 12.1 Å². The third-order valence-electron chi connectivity index (χ3n) is 4.33. The van der Waals surface area contributed by atoms with Gasteiger partial charge < -0.3 is 14.5 Å². The van der Waals surface area contributed by atoms with E-state index in [4.69, 9.17) is 9.15 Å². The van der Waals surface area contributed by atoms with Crippen LogP contribution in [0.1, 0.15) is 54.8 Å². The van der Waals surface area contributed by atoms with Crippen molar-refractivity contribution in [3.8, 4) is 5.75 Å². The maximum atomic E-state index is 12.4. The Morgan fingerprint density at radius 1 is 1.15 bits per heavy atom. The van der Waals surface area contributed by atoms with Crippen LogP contribution >= 0.6 is 0 Å². The van der Waals surface area contributed by atoms with Crippen molar-refractivity contribution in [2.75, 3.05) is 27.2 Å². The lowest BCUT2D eigenvalue weighted by Gasteiger charge is -2.22. The smallest absolute Gasteiger partial charge is 0.251 e. The molecule has 1 atom stereocenters. The monoisotopic (exact) mass is 358 g/mol. The molecule has 1 aromatic heterocycles. The van der Waals surface area contributed by atoms with Gasteiger partial charge in [-0.1, -0.05) is 26.2 Å². The van der Waals surface area contributed by atoms with E-state index in [2.05, 4.69) is 12.2 Å². The average Bonchev–Trinajstić information content (AvgIpc) is 3.16. The van der Waals surface area contributed by atoms with Crippen LogP contribution < -0.4 is 10.1 Å². The first-order valence-corrected chi connectivity index (χ1v) is 9.32. The van der Waals surface area contributed by atoms with Crippen molar-refractivity contribution in [1.29, 1.82) is 0 Å². The number of nitrogens with one attached hydrogen (secondary N) is 1. The van der Waals surface area contributed by atoms with E-state index < -0.39 is 0 Å². The van der Waals surface area contributed by atoms with Crippen LogP contribution in [0.3, 0.4) is 0 Å². The van der Waals surface area contributed by atoms with E-state index in [1.807, 2.05) is 43.3 Å². The van der Waals surface area contributed by atoms with Gasteiger partial charge in [-0.15, -0.1) is 0 Å². The molecule has 0 spiro atoms. The van der Waals surface area contributed by atoms with E-state index in [9.17, 15) is 4.79 Å². The van der Waals surface area contributed by atoms with Gasteiger partial charge in [0.2, 0.25) is 0 Å². The molecule has 0 fully saturated rings. The predicted molar refractivity (Wildman–Crippen MR) is 104 cm³/mol. The Morgan fingerprint density at radius 2 is 1.92 bits per heavy atom. The molecule has 0 saturated heterocycles. The molecule has 26 heavy (non-hydrogen) atoms. The van der Waals surface area contributed by atoms with E-state index in [1.54, 1.807) is 18.4 Å². The van der Waals surface area contributed by atoms with Crippen molar-refractivity contribution in [1.82, 2.24) is 10.2 Å². The molecule has 1 heterocycles. The topological polar surface area (TPSA) is 54.7 Å². The zero-order chi connectivity index (χ0) is 18.8. The number of ether oxygens (including phenoxy) is 1. The van der Waals surface area contributed by atoms with E-state index in [0.717, 1.165) is 24.5 Å². The van der Waals surface area contributed by atoms with E-state index >= 15 is 0 Å². The fraction of sp³-hybridized carbons (Fsp3) is 0.476. The lowest BCUT2D eigenvalue weighted by Crippen LogP contribution is -2.34. The number of likely N-dealkylation sites (N-methyl/N-ethyl adjacent to an activating group) is 1. The fourth-order valence-electron chi connectivity index (χ4n) is 2.73. The third kappa shape index (κ3) is 6.23. The van der Waals surface area contributed by atoms with Gasteiger partial charge in [-0.05, 0) is 56.9 Å². The zero-order valence-electron chi connectivity index (χ0n) is 16.0. The summed E-state index contributed by atoms with van der Waals surface area (Å²) in [5.41, 5.74) is 0.625. The summed E-state index contributed by atoms with van der Waals surface area (Å²) in [5.74, 6) is 1.54. The molecule has 1 aromatic carbocycles. The van der Waals surface area contributed by atoms with Gasteiger partial charge >= 0.3 is 0 Å². The van der Waals surface area contributed by atoms with Crippen molar-refractivity contribution in [2.24, 2.45) is 0 Å². The predicted octanol–water partition coefficient (Wildman–Crippen LogP) is 4.27. The van der Waals surface area contributed by atoms with Crippen molar-refractivity contribution < 1.29 is 13.9 Å². The van der Waals surface area contributed by atoms with Crippen LogP contribution in [0.2, 0.25) is 0 Å². The van der Waals surface area contributed by atoms with Gasteiger partial charge in [0.1, 0.15) is 11.5 Å². The van der Waals surface area contributed by atoms with Crippen molar-refractivity contribution in [2.45, 2.75) is 38.6 Å². The fourth-order valence-corrected chi connectivity index (χ4v) is 2.73. The normalized spacial score (nSPS) is 12.2. The highest BCUT2D eigenvalue weighted by Crippen LogP contribution is 2.18. The number of hydrogen-bond donors (Lipinski definition) is 1. The molecular weight excluding hydrogens is 328 g/mol. The molecule has 5 heteroatoms. The first kappa shape index (κ1) is 20.0. The number of furan rings is 1. The van der Waals surface area contributed by atoms with Gasteiger partial charge in [-0.25, -0.2) is 0 Å². The Labute approximate surface area is 156 Å². The number of carbonyl (C=O) groups excluding carboxylic acids is 1. The molecule has 0 aliphatic carbocycles. The van der Waals surface area contributed by atoms with Crippen LogP contribution in [0.5, 0.6) is 5.75 Å². The summed E-state index contributed by atoms with van der Waals surface area (Å²) < 4.78 is 11.2. The van der Waals surface area contributed by atoms with Crippen LogP contribution in [-0.4, -0.2) is 38.1 Å². The summed E-state index contributed by atoms with van der Waals surface area (Å²) in [5, 5.41) is 2.97. The quantitative estimate of drug-likeness (QED) is 0.610. The lowest BCUT2D eigenvalue weighted by atomic mass is 10.1. The Kier molecular flexibility index (Phi) is 8.22. The van der Waals surface area contributed by atoms with Crippen molar-refractivity contribution in [3.63, 3.8) is 0 Å². The number of nitrogens with zero attached hydrogens (tertiary/aromatic N) is 1. The Morgan fingerprint density at radius 3 is 2.54 bits per heavy atom. The average molecular weight is 358 g/mol. The summed E-state index contributed by atoms with van der Waals surface area (Å²) >= 11 is 0. The lowest BCUT2D eigenvalue weighted by molar-refractivity contribution is 0.0939. The molecule has 0 aliphatic rings. The zero-order valence-corrected chi connectivity index (χ0v) is 16.0. The molecule has 0 radical (unpaired) electrons. The van der Waals surface area contributed by atoms with E-state index in [0.29, 0.717) is 12.1 Å². The molecule has 5 nitrogen and oxygen atoms in total. The highest BCUT2D eigenvalue weighted by molar-refractivity contribution is 5.94. The summed E-state index contributed by atoms with van der Waals surface area (Å²) in [6.07, 6.45) is 6.37. The van der Waals surface area contributed by atoms with Gasteiger partial charge in [0.05, 0.1) is 18.9 Å². The summed E-state index contributed by atoms with van der Waals surface area (Å²) in [6, 6.07) is 11.1. The molecule has 0 bridgehead atoms. The SMILES string of the molecule is CCCCCCOc1ccc(C(=O)NCC(c2ccco2)N(C)C)cc1. The van der Waals surface area contributed by atoms with E-state index in [-0.39, 0.29) is 11.9 Å². The standard InChI is InChI=1S/C21H30N2O3/c1-4-5-6-7-14-25-18-12-10-17(11-13-18)21(24)22-16-19(23(2)3)20-9-8-15-26-20/h8-13,15,19H,4-7,14,16H2,1-3H3,(H,22,24). The third-order valence-corrected chi connectivity index (χ3v) is 4.33. The minimum absolute atomic E-state index is 0.000299.